The van der Waals surface area contributed by atoms with Gasteiger partial charge in [0.05, 0.1) is 18.4 Å². The van der Waals surface area contributed by atoms with Crippen LogP contribution in [0.2, 0.25) is 0 Å². The summed E-state index contributed by atoms with van der Waals surface area (Å²) in [5.74, 6) is 0. The number of hydrogen-bond acceptors (Lipinski definition) is 3. The Balaban J connectivity index is 0.00000147. The van der Waals surface area contributed by atoms with Crippen LogP contribution in [0.1, 0.15) is 0 Å². The number of nitrogens with zero attached hydrogens (tertiary/aromatic N) is 2. The van der Waals surface area contributed by atoms with Crippen LogP contribution in [0.5, 0.6) is 0 Å². The zero-order valence-corrected chi connectivity index (χ0v) is 15.4. The van der Waals surface area contributed by atoms with Crippen LogP contribution in [-0.2, 0) is 4.57 Å². The van der Waals surface area contributed by atoms with E-state index in [1.54, 1.807) is 4.57 Å². The monoisotopic (exact) mass is 310 g/mol. The molecule has 0 amide bonds. The van der Waals surface area contributed by atoms with Gasteiger partial charge in [-0.05, 0) is 30.9 Å². The van der Waals surface area contributed by atoms with Crippen LogP contribution in [0.15, 0.2) is 54.6 Å². The molecule has 1 aromatic heterocycles. The number of hydrogen-bond donors (Lipinski definition) is 0. The fourth-order valence-electron chi connectivity index (χ4n) is 2.12. The largest absolute Gasteiger partial charge is 1.00 e. The molecule has 6 heteroatoms. The summed E-state index contributed by atoms with van der Waals surface area (Å²) in [4.78, 5) is 16.2. The van der Waals surface area contributed by atoms with Crippen LogP contribution < -0.4 is 61.8 Å². The fourth-order valence-corrected chi connectivity index (χ4v) is 2.99. The maximum absolute atomic E-state index is 11.9. The molecule has 0 radical (unpaired) electrons. The standard InChI is InChI=1S/C14H13N2O2P.K/c1-19(17,18)14-15-12-9-5-6-10-13(12)16(14)11-7-3-2-4-8-11;/h2-10H,1H3,(H,17,18);/q;+1/p-1. The minimum atomic E-state index is -3.69. The molecule has 0 N–H and O–H groups in total. The summed E-state index contributed by atoms with van der Waals surface area (Å²) in [6, 6.07) is 16.8. The van der Waals surface area contributed by atoms with E-state index in [1.807, 2.05) is 54.6 Å². The number of fused-ring (bicyclic) bond motifs is 1. The second-order valence-electron chi connectivity index (χ2n) is 4.42. The molecule has 2 aromatic carbocycles. The Hall–Kier alpha value is -0.264. The number of rotatable bonds is 2. The molecule has 1 atom stereocenters. The van der Waals surface area contributed by atoms with Crippen LogP contribution in [0.25, 0.3) is 16.7 Å². The van der Waals surface area contributed by atoms with Gasteiger partial charge in [-0.1, -0.05) is 30.3 Å². The summed E-state index contributed by atoms with van der Waals surface area (Å²) in [7, 11) is -3.69. The summed E-state index contributed by atoms with van der Waals surface area (Å²) < 4.78 is 13.6. The Morgan fingerprint density at radius 2 is 1.65 bits per heavy atom. The molecular weight excluding hydrogens is 298 g/mol. The maximum atomic E-state index is 11.9. The number of imidazole rings is 1. The van der Waals surface area contributed by atoms with Gasteiger partial charge in [-0.25, -0.2) is 4.98 Å². The van der Waals surface area contributed by atoms with Crippen molar-refractivity contribution in [2.45, 2.75) is 0 Å². The number of para-hydroxylation sites is 3. The van der Waals surface area contributed by atoms with E-state index in [9.17, 15) is 9.46 Å². The van der Waals surface area contributed by atoms with Crippen LogP contribution in [0, 0.1) is 0 Å². The van der Waals surface area contributed by atoms with Crippen molar-refractivity contribution in [3.63, 3.8) is 0 Å². The van der Waals surface area contributed by atoms with E-state index in [0.717, 1.165) is 11.2 Å². The Labute approximate surface area is 159 Å². The third-order valence-corrected chi connectivity index (χ3v) is 3.95. The second kappa shape index (κ2) is 6.24. The molecule has 1 heterocycles. The number of benzene rings is 2. The Kier molecular flexibility index (Phi) is 5.03. The van der Waals surface area contributed by atoms with Gasteiger partial charge in [0.15, 0.2) is 5.57 Å². The molecule has 0 saturated heterocycles. The summed E-state index contributed by atoms with van der Waals surface area (Å²) in [5, 5.41) is 0. The zero-order chi connectivity index (χ0) is 13.5. The molecule has 1 unspecified atom stereocenters. The first-order valence-corrected chi connectivity index (χ1v) is 7.96. The Morgan fingerprint density at radius 1 is 1.05 bits per heavy atom. The van der Waals surface area contributed by atoms with E-state index in [4.69, 9.17) is 0 Å². The molecular formula is C14H12KN2O2P. The zero-order valence-electron chi connectivity index (χ0n) is 11.4. The van der Waals surface area contributed by atoms with E-state index in [2.05, 4.69) is 4.98 Å². The van der Waals surface area contributed by atoms with Gasteiger partial charge in [-0.2, -0.15) is 0 Å². The molecule has 3 aromatic rings. The molecule has 20 heavy (non-hydrogen) atoms. The predicted molar refractivity (Wildman–Crippen MR) is 74.2 cm³/mol. The van der Waals surface area contributed by atoms with Gasteiger partial charge in [-0.3, -0.25) is 4.57 Å². The summed E-state index contributed by atoms with van der Waals surface area (Å²) in [5.41, 5.74) is 2.37. The summed E-state index contributed by atoms with van der Waals surface area (Å²) in [6.45, 7) is 1.20. The molecule has 0 aliphatic carbocycles. The molecule has 4 nitrogen and oxygen atoms in total. The topological polar surface area (TPSA) is 57.9 Å². The fraction of sp³-hybridized carbons (Fsp3) is 0.0714. The van der Waals surface area contributed by atoms with Gasteiger partial charge in [0, 0.05) is 5.69 Å². The van der Waals surface area contributed by atoms with Gasteiger partial charge in [0.25, 0.3) is 0 Å². The van der Waals surface area contributed by atoms with Crippen molar-refractivity contribution in [2.75, 3.05) is 6.66 Å². The van der Waals surface area contributed by atoms with E-state index in [-0.39, 0.29) is 57.0 Å². The van der Waals surface area contributed by atoms with Crippen molar-refractivity contribution in [1.29, 1.82) is 0 Å². The van der Waals surface area contributed by atoms with Gasteiger partial charge in [-0.15, -0.1) is 0 Å². The smallest absolute Gasteiger partial charge is 0.794 e. The minimum absolute atomic E-state index is 0. The predicted octanol–water partition coefficient (Wildman–Crippen LogP) is -1.08. The SMILES string of the molecule is CP(=O)([O-])c1nc2ccccc2n1-c1ccccc1.[K+]. The van der Waals surface area contributed by atoms with E-state index in [0.29, 0.717) is 5.52 Å². The van der Waals surface area contributed by atoms with Gasteiger partial charge in [0.1, 0.15) is 0 Å². The molecule has 0 saturated carbocycles. The van der Waals surface area contributed by atoms with Crippen molar-refractivity contribution in [2.24, 2.45) is 0 Å². The van der Waals surface area contributed by atoms with Crippen molar-refractivity contribution in [1.82, 2.24) is 9.55 Å². The molecule has 0 spiro atoms. The van der Waals surface area contributed by atoms with Crippen LogP contribution in [0.4, 0.5) is 0 Å². The number of aromatic nitrogens is 2. The van der Waals surface area contributed by atoms with E-state index >= 15 is 0 Å². The summed E-state index contributed by atoms with van der Waals surface area (Å²) >= 11 is 0. The Morgan fingerprint density at radius 3 is 2.30 bits per heavy atom. The van der Waals surface area contributed by atoms with Gasteiger partial charge >= 0.3 is 51.4 Å². The van der Waals surface area contributed by atoms with Crippen molar-refractivity contribution >= 4 is 24.0 Å². The normalized spacial score (nSPS) is 13.7. The molecule has 0 bridgehead atoms. The van der Waals surface area contributed by atoms with Crippen molar-refractivity contribution in [3.05, 3.63) is 54.6 Å². The first kappa shape index (κ1) is 16.1. The van der Waals surface area contributed by atoms with Crippen LogP contribution in [-0.4, -0.2) is 16.2 Å². The molecule has 0 aliphatic rings. The first-order chi connectivity index (χ1) is 9.07. The first-order valence-electron chi connectivity index (χ1n) is 5.89. The molecule has 3 rings (SSSR count). The maximum Gasteiger partial charge on any atom is 1.00 e. The minimum Gasteiger partial charge on any atom is -0.794 e. The third kappa shape index (κ3) is 2.99. The summed E-state index contributed by atoms with van der Waals surface area (Å²) in [6.07, 6.45) is 0. The second-order valence-corrected chi connectivity index (χ2v) is 6.51. The van der Waals surface area contributed by atoms with Gasteiger partial charge < -0.3 is 9.46 Å². The average Bonchev–Trinajstić information content (AvgIpc) is 2.79. The van der Waals surface area contributed by atoms with Crippen molar-refractivity contribution < 1.29 is 60.8 Å². The quantitative estimate of drug-likeness (QED) is 0.447. The van der Waals surface area contributed by atoms with E-state index < -0.39 is 7.37 Å². The van der Waals surface area contributed by atoms with Crippen LogP contribution in [0.3, 0.4) is 0 Å². The van der Waals surface area contributed by atoms with Crippen LogP contribution >= 0.6 is 7.37 Å². The third-order valence-electron chi connectivity index (χ3n) is 2.92. The van der Waals surface area contributed by atoms with E-state index in [1.165, 1.54) is 6.66 Å². The Bertz CT molecular complexity index is 780. The average molecular weight is 310 g/mol. The molecule has 0 fully saturated rings. The molecule has 0 aliphatic heterocycles. The molecule has 96 valence electrons. The van der Waals surface area contributed by atoms with Crippen molar-refractivity contribution in [3.8, 4) is 5.69 Å². The van der Waals surface area contributed by atoms with Gasteiger partial charge in [0.2, 0.25) is 0 Å².